The number of halogens is 2. The number of rotatable bonds is 7. The van der Waals surface area contributed by atoms with E-state index in [0.29, 0.717) is 0 Å². The lowest BCUT2D eigenvalue weighted by Crippen LogP contribution is -1.90. The van der Waals surface area contributed by atoms with E-state index in [1.165, 1.54) is 36.0 Å². The van der Waals surface area contributed by atoms with Crippen LogP contribution in [0.1, 0.15) is 36.8 Å². The standard InChI is InChI=1S/C18H19I2N/c19-18(20)12-6-2-5-11-17(15-8-3-1-4-9-15)16-10-7-13-21-14-16/h1,3-4,7-11,13-14,18H,2,5-6,12H2. The minimum atomic E-state index is 0.746. The molecule has 0 fully saturated rings. The highest BCUT2D eigenvalue weighted by Crippen LogP contribution is 2.24. The van der Waals surface area contributed by atoms with Crippen LogP contribution < -0.4 is 0 Å². The van der Waals surface area contributed by atoms with Gasteiger partial charge < -0.3 is 0 Å². The van der Waals surface area contributed by atoms with Crippen molar-refractivity contribution in [2.45, 2.75) is 27.6 Å². The van der Waals surface area contributed by atoms with Crippen molar-refractivity contribution in [3.8, 4) is 0 Å². The van der Waals surface area contributed by atoms with Crippen LogP contribution in [0, 0.1) is 0 Å². The Morgan fingerprint density at radius 1 is 1.00 bits per heavy atom. The molecule has 1 heterocycles. The van der Waals surface area contributed by atoms with E-state index >= 15 is 0 Å². The summed E-state index contributed by atoms with van der Waals surface area (Å²) in [6.07, 6.45) is 11.1. The maximum absolute atomic E-state index is 4.26. The quantitative estimate of drug-likeness (QED) is 0.247. The highest BCUT2D eigenvalue weighted by molar-refractivity contribution is 14.2. The molecule has 2 aromatic rings. The van der Waals surface area contributed by atoms with E-state index in [-0.39, 0.29) is 0 Å². The van der Waals surface area contributed by atoms with Gasteiger partial charge >= 0.3 is 0 Å². The van der Waals surface area contributed by atoms with Gasteiger partial charge in [-0.15, -0.1) is 0 Å². The van der Waals surface area contributed by atoms with Gasteiger partial charge in [-0.25, -0.2) is 0 Å². The molecule has 2 rings (SSSR count). The average Bonchev–Trinajstić information content (AvgIpc) is 2.52. The predicted molar refractivity (Wildman–Crippen MR) is 108 cm³/mol. The van der Waals surface area contributed by atoms with Crippen molar-refractivity contribution in [1.29, 1.82) is 0 Å². The largest absolute Gasteiger partial charge is 0.264 e. The third kappa shape index (κ3) is 6.06. The number of aromatic nitrogens is 1. The fraction of sp³-hybridized carbons (Fsp3) is 0.278. The van der Waals surface area contributed by atoms with Crippen LogP contribution in [0.25, 0.3) is 5.57 Å². The zero-order chi connectivity index (χ0) is 14.9. The minimum Gasteiger partial charge on any atom is -0.264 e. The van der Waals surface area contributed by atoms with Crippen molar-refractivity contribution in [3.05, 3.63) is 72.1 Å². The lowest BCUT2D eigenvalue weighted by atomic mass is 9.97. The molecule has 21 heavy (non-hydrogen) atoms. The number of alkyl halides is 2. The first kappa shape index (κ1) is 16.9. The lowest BCUT2D eigenvalue weighted by Gasteiger charge is -2.08. The van der Waals surface area contributed by atoms with Crippen LogP contribution in [0.3, 0.4) is 0 Å². The molecule has 110 valence electrons. The summed E-state index contributed by atoms with van der Waals surface area (Å²) < 4.78 is 0.746. The molecule has 0 spiro atoms. The highest BCUT2D eigenvalue weighted by atomic mass is 127. The van der Waals surface area contributed by atoms with Gasteiger partial charge in [0.2, 0.25) is 0 Å². The van der Waals surface area contributed by atoms with Crippen molar-refractivity contribution in [2.75, 3.05) is 0 Å². The second-order valence-electron chi connectivity index (χ2n) is 4.90. The Bertz CT molecular complexity index is 508. The van der Waals surface area contributed by atoms with Gasteiger partial charge in [0.1, 0.15) is 0 Å². The monoisotopic (exact) mass is 503 g/mol. The van der Waals surface area contributed by atoms with Crippen LogP contribution in [0.4, 0.5) is 0 Å². The van der Waals surface area contributed by atoms with Crippen LogP contribution in [-0.2, 0) is 0 Å². The summed E-state index contributed by atoms with van der Waals surface area (Å²) in [5, 5.41) is 0. The predicted octanol–water partition coefficient (Wildman–Crippen LogP) is 6.27. The third-order valence-electron chi connectivity index (χ3n) is 3.28. The van der Waals surface area contributed by atoms with Gasteiger partial charge in [-0.05, 0) is 36.5 Å². The molecule has 0 saturated heterocycles. The van der Waals surface area contributed by atoms with E-state index in [2.05, 4.69) is 92.6 Å². The molecule has 1 aromatic carbocycles. The fourth-order valence-electron chi connectivity index (χ4n) is 2.23. The fourth-order valence-corrected chi connectivity index (χ4v) is 3.11. The number of unbranched alkanes of at least 4 members (excludes halogenated alkanes) is 2. The van der Waals surface area contributed by atoms with Crippen LogP contribution in [0.2, 0.25) is 0 Å². The molecule has 0 saturated carbocycles. The Labute approximate surface area is 154 Å². The summed E-state index contributed by atoms with van der Waals surface area (Å²) in [4.78, 5) is 4.26. The maximum Gasteiger partial charge on any atom is 0.0626 e. The number of pyridine rings is 1. The molecule has 0 atom stereocenters. The van der Waals surface area contributed by atoms with E-state index in [1.54, 1.807) is 0 Å². The average molecular weight is 503 g/mol. The molecule has 0 amide bonds. The molecule has 0 N–H and O–H groups in total. The van der Waals surface area contributed by atoms with E-state index in [0.717, 1.165) is 8.35 Å². The summed E-state index contributed by atoms with van der Waals surface area (Å²) in [6.45, 7) is 0. The van der Waals surface area contributed by atoms with Crippen molar-refractivity contribution >= 4 is 50.8 Å². The summed E-state index contributed by atoms with van der Waals surface area (Å²) >= 11 is 4.98. The molecule has 0 radical (unpaired) electrons. The second-order valence-corrected chi connectivity index (χ2v) is 10.3. The van der Waals surface area contributed by atoms with E-state index < -0.39 is 0 Å². The van der Waals surface area contributed by atoms with Crippen molar-refractivity contribution in [1.82, 2.24) is 4.98 Å². The van der Waals surface area contributed by atoms with Gasteiger partial charge in [0.05, 0.1) is 1.93 Å². The van der Waals surface area contributed by atoms with E-state index in [9.17, 15) is 0 Å². The first-order valence-electron chi connectivity index (χ1n) is 7.21. The Hall–Kier alpha value is -0.430. The van der Waals surface area contributed by atoms with E-state index in [4.69, 9.17) is 0 Å². The number of hydrogen-bond acceptors (Lipinski definition) is 1. The van der Waals surface area contributed by atoms with Gasteiger partial charge in [-0.1, -0.05) is 94.1 Å². The Balaban J connectivity index is 2.10. The first-order valence-corrected chi connectivity index (χ1v) is 9.70. The molecule has 0 aliphatic carbocycles. The topological polar surface area (TPSA) is 12.9 Å². The summed E-state index contributed by atoms with van der Waals surface area (Å²) in [5.74, 6) is 0. The zero-order valence-electron chi connectivity index (χ0n) is 11.9. The normalized spacial score (nSPS) is 11.9. The van der Waals surface area contributed by atoms with E-state index in [1.807, 2.05) is 18.5 Å². The third-order valence-corrected chi connectivity index (χ3v) is 4.53. The van der Waals surface area contributed by atoms with Crippen molar-refractivity contribution in [2.24, 2.45) is 0 Å². The molecule has 0 aliphatic heterocycles. The second kappa shape index (κ2) is 9.56. The SMILES string of the molecule is IC(I)CCCCC=C(c1ccccc1)c1cccnc1. The molecule has 1 aromatic heterocycles. The van der Waals surface area contributed by atoms with Crippen molar-refractivity contribution < 1.29 is 0 Å². The van der Waals surface area contributed by atoms with Gasteiger partial charge in [0, 0.05) is 18.0 Å². The van der Waals surface area contributed by atoms with Crippen LogP contribution >= 0.6 is 45.2 Å². The maximum atomic E-state index is 4.26. The number of nitrogens with zero attached hydrogens (tertiary/aromatic N) is 1. The Morgan fingerprint density at radius 2 is 1.76 bits per heavy atom. The number of benzene rings is 1. The number of hydrogen-bond donors (Lipinski definition) is 0. The lowest BCUT2D eigenvalue weighted by molar-refractivity contribution is 0.734. The molecule has 1 nitrogen and oxygen atoms in total. The van der Waals surface area contributed by atoms with Crippen molar-refractivity contribution in [3.63, 3.8) is 0 Å². The van der Waals surface area contributed by atoms with Gasteiger partial charge in [0.15, 0.2) is 0 Å². The minimum absolute atomic E-state index is 0.746. The first-order chi connectivity index (χ1) is 10.3. The zero-order valence-corrected chi connectivity index (χ0v) is 16.2. The van der Waals surface area contributed by atoms with Crippen LogP contribution in [0.15, 0.2) is 60.9 Å². The summed E-state index contributed by atoms with van der Waals surface area (Å²) in [5.41, 5.74) is 3.76. The van der Waals surface area contributed by atoms with Gasteiger partial charge in [-0.2, -0.15) is 0 Å². The van der Waals surface area contributed by atoms with Crippen LogP contribution in [-0.4, -0.2) is 6.92 Å². The molecular weight excluding hydrogens is 484 g/mol. The molecular formula is C18H19I2N. The van der Waals surface area contributed by atoms with Crippen LogP contribution in [0.5, 0.6) is 0 Å². The highest BCUT2D eigenvalue weighted by Gasteiger charge is 2.04. The molecule has 0 unspecified atom stereocenters. The van der Waals surface area contributed by atoms with Gasteiger partial charge in [-0.3, -0.25) is 4.98 Å². The summed E-state index contributed by atoms with van der Waals surface area (Å²) in [7, 11) is 0. The Morgan fingerprint density at radius 3 is 2.43 bits per heavy atom. The smallest absolute Gasteiger partial charge is 0.0626 e. The molecule has 0 bridgehead atoms. The molecule has 0 aliphatic rings. The number of allylic oxidation sites excluding steroid dienone is 1. The Kier molecular flexibility index (Phi) is 7.71. The van der Waals surface area contributed by atoms with Gasteiger partial charge in [0.25, 0.3) is 0 Å². The summed E-state index contributed by atoms with van der Waals surface area (Å²) in [6, 6.07) is 14.7. The molecule has 3 heteroatoms.